The summed E-state index contributed by atoms with van der Waals surface area (Å²) in [5.41, 5.74) is 4.11. The van der Waals surface area contributed by atoms with Gasteiger partial charge in [-0.15, -0.1) is 0 Å². The third kappa shape index (κ3) is 2.47. The Morgan fingerprint density at radius 1 is 1.05 bits per heavy atom. The fraction of sp³-hybridized carbons (Fsp3) is 0.684. The van der Waals surface area contributed by atoms with E-state index in [0.29, 0.717) is 16.7 Å². The Morgan fingerprint density at radius 2 is 1.63 bits per heavy atom. The molecule has 1 aromatic rings. The van der Waals surface area contributed by atoms with Gasteiger partial charge in [0.2, 0.25) is 0 Å². The van der Waals surface area contributed by atoms with Crippen molar-refractivity contribution in [2.75, 3.05) is 0 Å². The van der Waals surface area contributed by atoms with Gasteiger partial charge in [0.05, 0.1) is 0 Å². The summed E-state index contributed by atoms with van der Waals surface area (Å²) in [4.78, 5) is 0. The summed E-state index contributed by atoms with van der Waals surface area (Å²) in [5, 5.41) is 0. The maximum absolute atomic E-state index is 2.47. The SMILES string of the molecule is CCCC1(CCC)CC(C)(C)C(C)c2ccccc21. The average molecular weight is 258 g/mol. The zero-order valence-corrected chi connectivity index (χ0v) is 13.4. The fourth-order valence-electron chi connectivity index (χ4n) is 4.43. The van der Waals surface area contributed by atoms with Crippen LogP contribution in [0.4, 0.5) is 0 Å². The highest BCUT2D eigenvalue weighted by Gasteiger charge is 2.45. The largest absolute Gasteiger partial charge is 0.0654 e. The summed E-state index contributed by atoms with van der Waals surface area (Å²) in [6.07, 6.45) is 6.61. The quantitative estimate of drug-likeness (QED) is 0.616. The van der Waals surface area contributed by atoms with E-state index >= 15 is 0 Å². The van der Waals surface area contributed by atoms with E-state index in [2.05, 4.69) is 58.9 Å². The summed E-state index contributed by atoms with van der Waals surface area (Å²) in [6, 6.07) is 9.25. The summed E-state index contributed by atoms with van der Waals surface area (Å²) in [6.45, 7) is 12.0. The predicted molar refractivity (Wildman–Crippen MR) is 84.7 cm³/mol. The van der Waals surface area contributed by atoms with Crippen LogP contribution in [0.1, 0.15) is 83.8 Å². The monoisotopic (exact) mass is 258 g/mol. The molecule has 0 aliphatic heterocycles. The first-order valence-corrected chi connectivity index (χ1v) is 8.06. The molecule has 0 aromatic heterocycles. The van der Waals surface area contributed by atoms with Crippen LogP contribution < -0.4 is 0 Å². The van der Waals surface area contributed by atoms with Crippen molar-refractivity contribution in [1.82, 2.24) is 0 Å². The summed E-state index contributed by atoms with van der Waals surface area (Å²) in [7, 11) is 0. The molecule has 106 valence electrons. The van der Waals surface area contributed by atoms with Gasteiger partial charge in [0, 0.05) is 0 Å². The Labute approximate surface area is 119 Å². The molecule has 0 heteroatoms. The van der Waals surface area contributed by atoms with Crippen molar-refractivity contribution in [3.63, 3.8) is 0 Å². The fourth-order valence-corrected chi connectivity index (χ4v) is 4.43. The highest BCUT2D eigenvalue weighted by atomic mass is 14.5. The van der Waals surface area contributed by atoms with Gasteiger partial charge in [0.1, 0.15) is 0 Å². The van der Waals surface area contributed by atoms with Crippen LogP contribution in [-0.2, 0) is 5.41 Å². The van der Waals surface area contributed by atoms with Gasteiger partial charge in [0.25, 0.3) is 0 Å². The average Bonchev–Trinajstić information content (AvgIpc) is 2.36. The molecule has 0 heterocycles. The van der Waals surface area contributed by atoms with Gasteiger partial charge in [-0.05, 0) is 47.1 Å². The Bertz CT molecular complexity index is 421. The maximum Gasteiger partial charge on any atom is -0.00391 e. The number of hydrogen-bond acceptors (Lipinski definition) is 0. The topological polar surface area (TPSA) is 0 Å². The summed E-state index contributed by atoms with van der Waals surface area (Å²) in [5.74, 6) is 0.672. The number of fused-ring (bicyclic) bond motifs is 1. The van der Waals surface area contributed by atoms with E-state index < -0.39 is 0 Å². The smallest absolute Gasteiger partial charge is 0.00391 e. The standard InChI is InChI=1S/C19H30/c1-6-12-19(13-7-2)14-18(4,5)15(3)16-10-8-9-11-17(16)19/h8-11,15H,6-7,12-14H2,1-5H3. The van der Waals surface area contributed by atoms with Gasteiger partial charge in [-0.25, -0.2) is 0 Å². The lowest BCUT2D eigenvalue weighted by Gasteiger charge is -2.50. The van der Waals surface area contributed by atoms with Gasteiger partial charge in [0.15, 0.2) is 0 Å². The first kappa shape index (κ1) is 14.6. The first-order valence-electron chi connectivity index (χ1n) is 8.06. The molecule has 0 saturated carbocycles. The number of rotatable bonds is 4. The molecule has 1 aromatic carbocycles. The van der Waals surface area contributed by atoms with Crippen LogP contribution in [-0.4, -0.2) is 0 Å². The van der Waals surface area contributed by atoms with Gasteiger partial charge >= 0.3 is 0 Å². The van der Waals surface area contributed by atoms with Crippen LogP contribution in [0, 0.1) is 5.41 Å². The van der Waals surface area contributed by atoms with Gasteiger partial charge in [-0.1, -0.05) is 71.7 Å². The maximum atomic E-state index is 2.47. The zero-order chi connectivity index (χ0) is 14.1. The van der Waals surface area contributed by atoms with Crippen LogP contribution in [0.25, 0.3) is 0 Å². The molecule has 0 bridgehead atoms. The molecule has 1 aliphatic rings. The molecule has 19 heavy (non-hydrogen) atoms. The molecule has 0 nitrogen and oxygen atoms in total. The van der Waals surface area contributed by atoms with Crippen molar-refractivity contribution in [2.45, 2.75) is 78.1 Å². The number of hydrogen-bond donors (Lipinski definition) is 0. The van der Waals surface area contributed by atoms with Gasteiger partial charge in [-0.2, -0.15) is 0 Å². The van der Waals surface area contributed by atoms with Gasteiger partial charge in [-0.3, -0.25) is 0 Å². The second-order valence-corrected chi connectivity index (χ2v) is 7.25. The minimum absolute atomic E-state index is 0.415. The number of benzene rings is 1. The van der Waals surface area contributed by atoms with E-state index in [0.717, 1.165) is 0 Å². The van der Waals surface area contributed by atoms with Crippen molar-refractivity contribution < 1.29 is 0 Å². The normalized spacial score (nSPS) is 23.9. The van der Waals surface area contributed by atoms with Crippen molar-refractivity contribution in [2.24, 2.45) is 5.41 Å². The first-order chi connectivity index (χ1) is 8.97. The Morgan fingerprint density at radius 3 is 2.21 bits per heavy atom. The Kier molecular flexibility index (Phi) is 4.08. The molecule has 0 spiro atoms. The lowest BCUT2D eigenvalue weighted by Crippen LogP contribution is -2.40. The molecule has 1 atom stereocenters. The van der Waals surface area contributed by atoms with E-state index in [1.165, 1.54) is 32.1 Å². The summed E-state index contributed by atoms with van der Waals surface area (Å²) >= 11 is 0. The molecule has 2 rings (SSSR count). The molecule has 0 fully saturated rings. The molecule has 0 amide bonds. The highest BCUT2D eigenvalue weighted by Crippen LogP contribution is 2.55. The Balaban J connectivity index is 2.57. The molecule has 0 radical (unpaired) electrons. The molecular weight excluding hydrogens is 228 g/mol. The van der Waals surface area contributed by atoms with Crippen LogP contribution in [0.15, 0.2) is 24.3 Å². The van der Waals surface area contributed by atoms with Crippen molar-refractivity contribution in [1.29, 1.82) is 0 Å². The third-order valence-electron chi connectivity index (χ3n) is 5.42. The molecule has 0 saturated heterocycles. The Hall–Kier alpha value is -0.780. The molecule has 0 N–H and O–H groups in total. The lowest BCUT2D eigenvalue weighted by atomic mass is 9.54. The van der Waals surface area contributed by atoms with E-state index in [1.807, 2.05) is 0 Å². The molecule has 1 unspecified atom stereocenters. The van der Waals surface area contributed by atoms with Gasteiger partial charge < -0.3 is 0 Å². The van der Waals surface area contributed by atoms with E-state index in [-0.39, 0.29) is 0 Å². The highest BCUT2D eigenvalue weighted by molar-refractivity contribution is 5.41. The van der Waals surface area contributed by atoms with E-state index in [9.17, 15) is 0 Å². The molecule has 1 aliphatic carbocycles. The predicted octanol–water partition coefficient (Wildman–Crippen LogP) is 6.06. The van der Waals surface area contributed by atoms with Crippen molar-refractivity contribution in [3.8, 4) is 0 Å². The van der Waals surface area contributed by atoms with Crippen molar-refractivity contribution in [3.05, 3.63) is 35.4 Å². The van der Waals surface area contributed by atoms with Crippen LogP contribution in [0.3, 0.4) is 0 Å². The minimum Gasteiger partial charge on any atom is -0.0654 e. The summed E-state index contributed by atoms with van der Waals surface area (Å²) < 4.78 is 0. The van der Waals surface area contributed by atoms with E-state index in [4.69, 9.17) is 0 Å². The second kappa shape index (κ2) is 5.31. The van der Waals surface area contributed by atoms with E-state index in [1.54, 1.807) is 11.1 Å². The second-order valence-electron chi connectivity index (χ2n) is 7.25. The van der Waals surface area contributed by atoms with Crippen molar-refractivity contribution >= 4 is 0 Å². The zero-order valence-electron chi connectivity index (χ0n) is 13.4. The minimum atomic E-state index is 0.415. The van der Waals surface area contributed by atoms with Crippen LogP contribution in [0.5, 0.6) is 0 Å². The lowest BCUT2D eigenvalue weighted by molar-refractivity contribution is 0.152. The van der Waals surface area contributed by atoms with Crippen LogP contribution >= 0.6 is 0 Å². The molecular formula is C19H30. The van der Waals surface area contributed by atoms with Crippen LogP contribution in [0.2, 0.25) is 0 Å². The third-order valence-corrected chi connectivity index (χ3v) is 5.42.